The number of rotatable bonds is 1. The Morgan fingerprint density at radius 2 is 2.18 bits per heavy atom. The third kappa shape index (κ3) is 2.87. The van der Waals surface area contributed by atoms with E-state index in [0.29, 0.717) is 10.9 Å². The largest absolute Gasteiger partial charge is 0.315 e. The first-order valence-electron chi connectivity index (χ1n) is 6.47. The van der Waals surface area contributed by atoms with Gasteiger partial charge >= 0.3 is 0 Å². The molecule has 0 unspecified atom stereocenters. The summed E-state index contributed by atoms with van der Waals surface area (Å²) in [7, 11) is -3.14. The zero-order valence-electron chi connectivity index (χ0n) is 11.5. The topological polar surface area (TPSA) is 66.8 Å². The molecule has 5 nitrogen and oxygen atoms in total. The SMILES string of the molecule is CC(=O)N=C1S[C@@H]2CS(=O)(=O)C[C@@H]2N1c1ccc(Cl)c(F)c1. The van der Waals surface area contributed by atoms with Gasteiger partial charge in [0.15, 0.2) is 15.0 Å². The molecule has 1 aromatic carbocycles. The summed E-state index contributed by atoms with van der Waals surface area (Å²) < 4.78 is 37.4. The van der Waals surface area contributed by atoms with Crippen molar-refractivity contribution in [2.75, 3.05) is 16.4 Å². The number of hydrogen-bond acceptors (Lipinski definition) is 4. The second-order valence-corrected chi connectivity index (χ2v) is 8.95. The van der Waals surface area contributed by atoms with Crippen LogP contribution in [0.3, 0.4) is 0 Å². The first-order valence-corrected chi connectivity index (χ1v) is 9.55. The number of carbonyl (C=O) groups is 1. The van der Waals surface area contributed by atoms with Crippen molar-refractivity contribution in [2.24, 2.45) is 4.99 Å². The summed E-state index contributed by atoms with van der Waals surface area (Å²) in [6.45, 7) is 1.32. The predicted molar refractivity (Wildman–Crippen MR) is 85.8 cm³/mol. The Morgan fingerprint density at radius 3 is 2.82 bits per heavy atom. The summed E-state index contributed by atoms with van der Waals surface area (Å²) in [5, 5.41) is 0.178. The van der Waals surface area contributed by atoms with E-state index >= 15 is 0 Å². The average molecular weight is 363 g/mol. The fourth-order valence-electron chi connectivity index (χ4n) is 2.64. The van der Waals surface area contributed by atoms with Gasteiger partial charge < -0.3 is 4.90 Å². The first kappa shape index (κ1) is 15.8. The Labute approximate surface area is 136 Å². The minimum absolute atomic E-state index is 0.0174. The molecule has 0 spiro atoms. The predicted octanol–water partition coefficient (Wildman–Crippen LogP) is 2.10. The molecule has 0 aromatic heterocycles. The number of halogens is 2. The summed E-state index contributed by atoms with van der Waals surface area (Å²) in [6.07, 6.45) is 0. The van der Waals surface area contributed by atoms with E-state index in [-0.39, 0.29) is 33.7 Å². The molecule has 1 aromatic rings. The molecule has 9 heteroatoms. The van der Waals surface area contributed by atoms with Gasteiger partial charge in [-0.05, 0) is 18.2 Å². The summed E-state index contributed by atoms with van der Waals surface area (Å²) >= 11 is 6.93. The molecule has 0 saturated carbocycles. The van der Waals surface area contributed by atoms with Crippen molar-refractivity contribution < 1.29 is 17.6 Å². The molecule has 2 aliphatic heterocycles. The van der Waals surface area contributed by atoms with Crippen molar-refractivity contribution in [2.45, 2.75) is 18.2 Å². The standard InChI is InChI=1S/C13H12ClFN2O3S2/c1-7(18)16-13-17(8-2-3-9(14)10(15)4-8)11-5-22(19,20)6-12(11)21-13/h2-4,11-12H,5-6H2,1H3/t11-,12+/m0/s1. The molecule has 1 amide bonds. The number of benzene rings is 1. The van der Waals surface area contributed by atoms with Gasteiger partial charge in [-0.25, -0.2) is 12.8 Å². The number of aliphatic imine (C=N–C) groups is 1. The van der Waals surface area contributed by atoms with E-state index in [0.717, 1.165) is 0 Å². The fraction of sp³-hybridized carbons (Fsp3) is 0.385. The van der Waals surface area contributed by atoms with Crippen LogP contribution in [-0.4, -0.2) is 42.3 Å². The van der Waals surface area contributed by atoms with Gasteiger partial charge in [0.05, 0.1) is 22.6 Å². The van der Waals surface area contributed by atoms with Gasteiger partial charge in [0.25, 0.3) is 0 Å². The van der Waals surface area contributed by atoms with E-state index in [1.165, 1.54) is 30.8 Å². The van der Waals surface area contributed by atoms with Crippen LogP contribution >= 0.6 is 23.4 Å². The molecule has 2 heterocycles. The zero-order valence-corrected chi connectivity index (χ0v) is 13.9. The molecule has 0 bridgehead atoms. The van der Waals surface area contributed by atoms with E-state index in [1.54, 1.807) is 11.0 Å². The molecular formula is C13H12ClFN2O3S2. The third-order valence-corrected chi connectivity index (χ3v) is 7.02. The molecule has 2 atom stereocenters. The molecule has 118 valence electrons. The Morgan fingerprint density at radius 1 is 1.45 bits per heavy atom. The molecule has 2 fully saturated rings. The van der Waals surface area contributed by atoms with Crippen LogP contribution in [-0.2, 0) is 14.6 Å². The summed E-state index contributed by atoms with van der Waals surface area (Å²) in [4.78, 5) is 16.9. The van der Waals surface area contributed by atoms with Crippen molar-refractivity contribution >= 4 is 50.0 Å². The van der Waals surface area contributed by atoms with E-state index in [1.807, 2.05) is 0 Å². The third-order valence-electron chi connectivity index (χ3n) is 3.50. The van der Waals surface area contributed by atoms with Gasteiger partial charge in [-0.2, -0.15) is 4.99 Å². The Bertz CT molecular complexity index is 781. The molecule has 2 saturated heterocycles. The van der Waals surface area contributed by atoms with Crippen LogP contribution in [0.4, 0.5) is 10.1 Å². The van der Waals surface area contributed by atoms with Crippen LogP contribution in [0.25, 0.3) is 0 Å². The van der Waals surface area contributed by atoms with Gasteiger partial charge in [0.1, 0.15) is 5.82 Å². The maximum absolute atomic E-state index is 13.7. The second-order valence-electron chi connectivity index (χ2n) is 5.18. The lowest BCUT2D eigenvalue weighted by Crippen LogP contribution is -2.37. The van der Waals surface area contributed by atoms with Crippen LogP contribution in [0.15, 0.2) is 23.2 Å². The number of anilines is 1. The molecule has 0 N–H and O–H groups in total. The van der Waals surface area contributed by atoms with E-state index in [4.69, 9.17) is 11.6 Å². The molecule has 0 aliphatic carbocycles. The monoisotopic (exact) mass is 362 g/mol. The zero-order chi connectivity index (χ0) is 16.1. The summed E-state index contributed by atoms with van der Waals surface area (Å²) in [5.74, 6) is -0.988. The van der Waals surface area contributed by atoms with Gasteiger partial charge in [0, 0.05) is 17.9 Å². The number of hydrogen-bond donors (Lipinski definition) is 0. The molecule has 3 rings (SSSR count). The molecule has 2 aliphatic rings. The van der Waals surface area contributed by atoms with Crippen molar-refractivity contribution in [3.63, 3.8) is 0 Å². The number of thioether (sulfide) groups is 1. The quantitative estimate of drug-likeness (QED) is 0.765. The number of nitrogens with zero attached hydrogens (tertiary/aromatic N) is 2. The minimum Gasteiger partial charge on any atom is -0.315 e. The number of carbonyl (C=O) groups excluding carboxylic acids is 1. The van der Waals surface area contributed by atoms with Crippen LogP contribution in [0, 0.1) is 5.82 Å². The van der Waals surface area contributed by atoms with Crippen LogP contribution < -0.4 is 4.90 Å². The number of fused-ring (bicyclic) bond motifs is 1. The molecule has 22 heavy (non-hydrogen) atoms. The van der Waals surface area contributed by atoms with Gasteiger partial charge in [-0.3, -0.25) is 4.79 Å². The Hall–Kier alpha value is -1.12. The number of amidine groups is 1. The highest BCUT2D eigenvalue weighted by Gasteiger charge is 2.49. The highest BCUT2D eigenvalue weighted by atomic mass is 35.5. The second kappa shape index (κ2) is 5.50. The van der Waals surface area contributed by atoms with Gasteiger partial charge in [-0.15, -0.1) is 0 Å². The maximum atomic E-state index is 13.7. The smallest absolute Gasteiger partial charge is 0.244 e. The van der Waals surface area contributed by atoms with E-state index in [9.17, 15) is 17.6 Å². The lowest BCUT2D eigenvalue weighted by atomic mass is 10.2. The fourth-order valence-corrected chi connectivity index (χ4v) is 6.71. The Balaban J connectivity index is 2.06. The minimum atomic E-state index is -3.14. The van der Waals surface area contributed by atoms with Crippen LogP contribution in [0.5, 0.6) is 0 Å². The van der Waals surface area contributed by atoms with Crippen molar-refractivity contribution in [1.82, 2.24) is 0 Å². The number of sulfone groups is 1. The highest BCUT2D eigenvalue weighted by Crippen LogP contribution is 2.41. The Kier molecular flexibility index (Phi) is 3.94. The number of amides is 1. The summed E-state index contributed by atoms with van der Waals surface area (Å²) in [6, 6.07) is 3.87. The molecular weight excluding hydrogens is 351 g/mol. The first-order chi connectivity index (χ1) is 10.3. The van der Waals surface area contributed by atoms with Crippen molar-refractivity contribution in [1.29, 1.82) is 0 Å². The van der Waals surface area contributed by atoms with E-state index < -0.39 is 15.7 Å². The van der Waals surface area contributed by atoms with Gasteiger partial charge in [0.2, 0.25) is 5.91 Å². The molecule has 0 radical (unpaired) electrons. The maximum Gasteiger partial charge on any atom is 0.244 e. The average Bonchev–Trinajstić information content (AvgIpc) is 2.83. The van der Waals surface area contributed by atoms with Crippen molar-refractivity contribution in [3.8, 4) is 0 Å². The van der Waals surface area contributed by atoms with Crippen molar-refractivity contribution in [3.05, 3.63) is 29.0 Å². The van der Waals surface area contributed by atoms with Crippen LogP contribution in [0.2, 0.25) is 5.02 Å². The van der Waals surface area contributed by atoms with Gasteiger partial charge in [-0.1, -0.05) is 23.4 Å². The summed E-state index contributed by atoms with van der Waals surface area (Å²) in [5.41, 5.74) is 0.444. The normalized spacial score (nSPS) is 28.1. The lowest BCUT2D eigenvalue weighted by Gasteiger charge is -2.24. The van der Waals surface area contributed by atoms with E-state index in [2.05, 4.69) is 4.99 Å². The van der Waals surface area contributed by atoms with Crippen LogP contribution in [0.1, 0.15) is 6.92 Å². The highest BCUT2D eigenvalue weighted by molar-refractivity contribution is 8.16. The lowest BCUT2D eigenvalue weighted by molar-refractivity contribution is -0.115.